The van der Waals surface area contributed by atoms with E-state index in [1.54, 1.807) is 7.11 Å². The molecule has 0 unspecified atom stereocenters. The van der Waals surface area contributed by atoms with Crippen molar-refractivity contribution in [3.63, 3.8) is 0 Å². The Morgan fingerprint density at radius 3 is 2.68 bits per heavy atom. The maximum absolute atomic E-state index is 11.3. The van der Waals surface area contributed by atoms with Crippen LogP contribution in [0.25, 0.3) is 0 Å². The van der Waals surface area contributed by atoms with Crippen LogP contribution in [0.3, 0.4) is 0 Å². The Morgan fingerprint density at radius 2 is 2.05 bits per heavy atom. The highest BCUT2D eigenvalue weighted by atomic mass is 16.5. The van der Waals surface area contributed by atoms with Crippen molar-refractivity contribution in [2.75, 3.05) is 7.11 Å². The zero-order valence-electron chi connectivity index (χ0n) is 11.7. The predicted molar refractivity (Wildman–Crippen MR) is 74.2 cm³/mol. The van der Waals surface area contributed by atoms with Crippen molar-refractivity contribution >= 4 is 6.29 Å². The number of carbonyl (C=O) groups excluding carboxylic acids is 1. The van der Waals surface area contributed by atoms with Gasteiger partial charge in [0, 0.05) is 5.41 Å². The van der Waals surface area contributed by atoms with Crippen molar-refractivity contribution in [1.29, 1.82) is 0 Å². The van der Waals surface area contributed by atoms with Crippen LogP contribution in [0.1, 0.15) is 38.2 Å². The molecule has 0 heterocycles. The lowest BCUT2D eigenvalue weighted by Gasteiger charge is -2.36. The zero-order valence-corrected chi connectivity index (χ0v) is 11.7. The Morgan fingerprint density at radius 1 is 1.32 bits per heavy atom. The molecule has 3 nitrogen and oxygen atoms in total. The first-order chi connectivity index (χ1) is 9.18. The van der Waals surface area contributed by atoms with E-state index in [1.165, 1.54) is 0 Å². The van der Waals surface area contributed by atoms with Gasteiger partial charge < -0.3 is 14.3 Å². The van der Waals surface area contributed by atoms with E-state index in [0.29, 0.717) is 6.61 Å². The van der Waals surface area contributed by atoms with Gasteiger partial charge in [0.05, 0.1) is 19.8 Å². The van der Waals surface area contributed by atoms with Gasteiger partial charge in [0.1, 0.15) is 12.0 Å². The standard InChI is InChI=1S/C16H22O3/c1-16(12-17)10-4-3-5-15(16)19-11-13-6-8-14(18-2)9-7-13/h6-9,12,15H,3-5,10-11H2,1-2H3/t15-,16+/m0/s1. The molecule has 0 amide bonds. The van der Waals surface area contributed by atoms with Crippen LogP contribution in [0.5, 0.6) is 5.75 Å². The fraction of sp³-hybridized carbons (Fsp3) is 0.562. The topological polar surface area (TPSA) is 35.5 Å². The molecule has 0 N–H and O–H groups in total. The number of ether oxygens (including phenoxy) is 2. The molecule has 1 aromatic rings. The molecule has 2 atom stereocenters. The highest BCUT2D eigenvalue weighted by molar-refractivity contribution is 5.60. The quantitative estimate of drug-likeness (QED) is 0.763. The number of rotatable bonds is 5. The van der Waals surface area contributed by atoms with Gasteiger partial charge in [-0.3, -0.25) is 0 Å². The van der Waals surface area contributed by atoms with E-state index < -0.39 is 0 Å². The minimum atomic E-state index is -0.315. The predicted octanol–water partition coefficient (Wildman–Crippen LogP) is 3.36. The third kappa shape index (κ3) is 3.35. The molecule has 1 saturated carbocycles. The van der Waals surface area contributed by atoms with Gasteiger partial charge in [0.15, 0.2) is 0 Å². The van der Waals surface area contributed by atoms with Gasteiger partial charge in [-0.25, -0.2) is 0 Å². The molecule has 2 rings (SSSR count). The number of methoxy groups -OCH3 is 1. The summed E-state index contributed by atoms with van der Waals surface area (Å²) in [6, 6.07) is 7.86. The first-order valence-electron chi connectivity index (χ1n) is 6.89. The molecule has 0 bridgehead atoms. The Kier molecular flexibility index (Phi) is 4.59. The van der Waals surface area contributed by atoms with Gasteiger partial charge in [-0.2, -0.15) is 0 Å². The fourth-order valence-electron chi connectivity index (χ4n) is 2.65. The van der Waals surface area contributed by atoms with E-state index in [1.807, 2.05) is 31.2 Å². The Hall–Kier alpha value is -1.35. The molecule has 0 saturated heterocycles. The fourth-order valence-corrected chi connectivity index (χ4v) is 2.65. The summed E-state index contributed by atoms with van der Waals surface area (Å²) in [6.07, 6.45) is 5.30. The van der Waals surface area contributed by atoms with Crippen LogP contribution in [0.2, 0.25) is 0 Å². The largest absolute Gasteiger partial charge is 0.497 e. The summed E-state index contributed by atoms with van der Waals surface area (Å²) in [4.78, 5) is 11.3. The lowest BCUT2D eigenvalue weighted by molar-refractivity contribution is -0.130. The van der Waals surface area contributed by atoms with Crippen molar-refractivity contribution in [3.8, 4) is 5.75 Å². The average molecular weight is 262 g/mol. The summed E-state index contributed by atoms with van der Waals surface area (Å²) < 4.78 is 11.1. The summed E-state index contributed by atoms with van der Waals surface area (Å²) in [5.41, 5.74) is 0.796. The number of carbonyl (C=O) groups is 1. The first-order valence-corrected chi connectivity index (χ1v) is 6.89. The molecule has 19 heavy (non-hydrogen) atoms. The van der Waals surface area contributed by atoms with Crippen LogP contribution in [-0.4, -0.2) is 19.5 Å². The molecule has 0 radical (unpaired) electrons. The van der Waals surface area contributed by atoms with Gasteiger partial charge in [-0.15, -0.1) is 0 Å². The summed E-state index contributed by atoms with van der Waals surface area (Å²) in [5, 5.41) is 0. The van der Waals surface area contributed by atoms with Gasteiger partial charge in [-0.1, -0.05) is 31.9 Å². The summed E-state index contributed by atoms with van der Waals surface area (Å²) in [5.74, 6) is 0.846. The van der Waals surface area contributed by atoms with Crippen molar-refractivity contribution < 1.29 is 14.3 Å². The highest BCUT2D eigenvalue weighted by Gasteiger charge is 2.37. The summed E-state index contributed by atoms with van der Waals surface area (Å²) >= 11 is 0. The lowest BCUT2D eigenvalue weighted by Crippen LogP contribution is -2.38. The van der Waals surface area contributed by atoms with E-state index in [-0.39, 0.29) is 11.5 Å². The minimum absolute atomic E-state index is 0.0425. The van der Waals surface area contributed by atoms with E-state index in [9.17, 15) is 4.79 Å². The third-order valence-electron chi connectivity index (χ3n) is 4.05. The van der Waals surface area contributed by atoms with Gasteiger partial charge >= 0.3 is 0 Å². The summed E-state index contributed by atoms with van der Waals surface area (Å²) in [7, 11) is 1.66. The van der Waals surface area contributed by atoms with Crippen molar-refractivity contribution in [1.82, 2.24) is 0 Å². The van der Waals surface area contributed by atoms with E-state index in [0.717, 1.165) is 43.3 Å². The number of hydrogen-bond donors (Lipinski definition) is 0. The molecular weight excluding hydrogens is 240 g/mol. The van der Waals surface area contributed by atoms with Crippen LogP contribution in [-0.2, 0) is 16.1 Å². The SMILES string of the molecule is COc1ccc(CO[C@H]2CCCC[C@]2(C)C=O)cc1. The van der Waals surface area contributed by atoms with E-state index in [4.69, 9.17) is 9.47 Å². The number of aldehydes is 1. The molecule has 3 heteroatoms. The van der Waals surface area contributed by atoms with Crippen molar-refractivity contribution in [3.05, 3.63) is 29.8 Å². The van der Waals surface area contributed by atoms with E-state index >= 15 is 0 Å². The molecule has 1 fully saturated rings. The van der Waals surface area contributed by atoms with E-state index in [2.05, 4.69) is 0 Å². The Bertz CT molecular complexity index is 413. The lowest BCUT2D eigenvalue weighted by atomic mass is 9.74. The smallest absolute Gasteiger partial charge is 0.128 e. The first kappa shape index (κ1) is 14.1. The maximum Gasteiger partial charge on any atom is 0.128 e. The number of hydrogen-bond acceptors (Lipinski definition) is 3. The van der Waals surface area contributed by atoms with Gasteiger partial charge in [0.2, 0.25) is 0 Å². The second-order valence-corrected chi connectivity index (χ2v) is 5.52. The monoisotopic (exact) mass is 262 g/mol. The van der Waals surface area contributed by atoms with Crippen LogP contribution in [0.4, 0.5) is 0 Å². The van der Waals surface area contributed by atoms with Crippen LogP contribution >= 0.6 is 0 Å². The molecule has 0 spiro atoms. The van der Waals surface area contributed by atoms with Crippen molar-refractivity contribution in [2.45, 2.75) is 45.3 Å². The number of benzene rings is 1. The molecule has 1 aromatic carbocycles. The van der Waals surface area contributed by atoms with Crippen molar-refractivity contribution in [2.24, 2.45) is 5.41 Å². The average Bonchev–Trinajstić information content (AvgIpc) is 2.47. The van der Waals surface area contributed by atoms with Crippen LogP contribution in [0, 0.1) is 5.41 Å². The van der Waals surface area contributed by atoms with Crippen LogP contribution < -0.4 is 4.74 Å². The Balaban J connectivity index is 1.94. The third-order valence-corrected chi connectivity index (χ3v) is 4.05. The molecule has 1 aliphatic carbocycles. The zero-order chi connectivity index (χ0) is 13.7. The minimum Gasteiger partial charge on any atom is -0.497 e. The second-order valence-electron chi connectivity index (χ2n) is 5.52. The molecule has 1 aliphatic rings. The van der Waals surface area contributed by atoms with Gasteiger partial charge in [-0.05, 0) is 30.5 Å². The molecule has 104 valence electrons. The normalized spacial score (nSPS) is 26.9. The second kappa shape index (κ2) is 6.20. The molecular formula is C16H22O3. The summed E-state index contributed by atoms with van der Waals surface area (Å²) in [6.45, 7) is 2.57. The highest BCUT2D eigenvalue weighted by Crippen LogP contribution is 2.36. The van der Waals surface area contributed by atoms with Gasteiger partial charge in [0.25, 0.3) is 0 Å². The molecule has 0 aromatic heterocycles. The Labute approximate surface area is 114 Å². The van der Waals surface area contributed by atoms with Crippen LogP contribution in [0.15, 0.2) is 24.3 Å². The molecule has 0 aliphatic heterocycles. The maximum atomic E-state index is 11.3.